The van der Waals surface area contributed by atoms with Crippen LogP contribution in [0.1, 0.15) is 38.3 Å². The molecule has 182 valence electrons. The molecule has 2 aromatic heterocycles. The van der Waals surface area contributed by atoms with Crippen molar-refractivity contribution >= 4 is 34.8 Å². The van der Waals surface area contributed by atoms with Crippen molar-refractivity contribution in [1.29, 1.82) is 0 Å². The summed E-state index contributed by atoms with van der Waals surface area (Å²) < 4.78 is 0. The zero-order valence-electron chi connectivity index (χ0n) is 20.3. The molecule has 3 aliphatic rings. The van der Waals surface area contributed by atoms with Crippen molar-refractivity contribution in [2.24, 2.45) is 0 Å². The predicted molar refractivity (Wildman–Crippen MR) is 140 cm³/mol. The van der Waals surface area contributed by atoms with E-state index in [1.165, 1.54) is 17.5 Å². The number of nitrogens with zero attached hydrogens (tertiary/aromatic N) is 4. The molecule has 0 saturated heterocycles. The summed E-state index contributed by atoms with van der Waals surface area (Å²) in [4.78, 5) is 41.0. The number of hydrogen-bond donors (Lipinski definition) is 2. The van der Waals surface area contributed by atoms with E-state index in [-0.39, 0.29) is 11.8 Å². The van der Waals surface area contributed by atoms with Crippen LogP contribution in [0.2, 0.25) is 0 Å². The Morgan fingerprint density at radius 2 is 1.89 bits per heavy atom. The van der Waals surface area contributed by atoms with Crippen molar-refractivity contribution in [3.05, 3.63) is 101 Å². The number of nitrogens with one attached hydrogen (secondary N) is 2. The number of carbonyl (C=O) groups excluding carboxylic acids is 2. The van der Waals surface area contributed by atoms with Crippen LogP contribution in [0.25, 0.3) is 0 Å². The van der Waals surface area contributed by atoms with Crippen LogP contribution in [0, 0.1) is 6.92 Å². The van der Waals surface area contributed by atoms with Gasteiger partial charge in [0, 0.05) is 35.7 Å². The van der Waals surface area contributed by atoms with E-state index in [0.29, 0.717) is 36.7 Å². The van der Waals surface area contributed by atoms with Gasteiger partial charge < -0.3 is 15.5 Å². The van der Waals surface area contributed by atoms with E-state index in [0.717, 1.165) is 34.5 Å². The first kappa shape index (κ1) is 21.7. The average molecular weight is 489 g/mol. The first-order valence-corrected chi connectivity index (χ1v) is 12.4. The normalized spacial score (nSPS) is 18.9. The fraction of sp³-hybridized carbons (Fsp3) is 0.207. The average Bonchev–Trinajstić information content (AvgIpc) is 3.57. The van der Waals surface area contributed by atoms with E-state index in [1.54, 1.807) is 17.2 Å². The maximum absolute atomic E-state index is 13.3. The van der Waals surface area contributed by atoms with Gasteiger partial charge in [0.05, 0.1) is 5.41 Å². The van der Waals surface area contributed by atoms with Gasteiger partial charge in [-0.15, -0.1) is 0 Å². The molecule has 7 rings (SSSR count). The smallest absolute Gasteiger partial charge is 0.277 e. The standard InChI is InChI=1S/C29H24N6O2/c1-17-4-7-24-18(11-17)8-10-35(24)27(36)23-13-25(32-16-31-23)33-21-6-5-19-14-29(15-20(19)12-21)22-3-2-9-30-26(22)34-28(29)37/h2-7,9,11-13,16H,8,10,14-15H2,1H3,(H,30,34,37)(H,31,32,33). The first-order chi connectivity index (χ1) is 18.0. The molecule has 1 aliphatic carbocycles. The molecule has 4 aromatic rings. The van der Waals surface area contributed by atoms with E-state index >= 15 is 0 Å². The monoisotopic (exact) mass is 488 g/mol. The van der Waals surface area contributed by atoms with E-state index in [1.807, 2.05) is 30.3 Å². The summed E-state index contributed by atoms with van der Waals surface area (Å²) in [6.45, 7) is 2.70. The van der Waals surface area contributed by atoms with Gasteiger partial charge >= 0.3 is 0 Å². The SMILES string of the molecule is Cc1ccc2c(c1)CCN2C(=O)c1cc(Nc2ccc3c(c2)CC2(C3)C(=O)Nc3ncccc32)ncn1. The van der Waals surface area contributed by atoms with E-state index in [2.05, 4.69) is 50.7 Å². The molecular weight excluding hydrogens is 464 g/mol. The number of aromatic nitrogens is 3. The highest BCUT2D eigenvalue weighted by molar-refractivity contribution is 6.07. The fourth-order valence-electron chi connectivity index (χ4n) is 5.92. The van der Waals surface area contributed by atoms with Crippen molar-refractivity contribution in [2.45, 2.75) is 31.6 Å². The van der Waals surface area contributed by atoms with Gasteiger partial charge in [0.2, 0.25) is 5.91 Å². The third-order valence-electron chi connectivity index (χ3n) is 7.71. The first-order valence-electron chi connectivity index (χ1n) is 12.4. The highest BCUT2D eigenvalue weighted by Gasteiger charge is 2.51. The van der Waals surface area contributed by atoms with Crippen LogP contribution in [-0.4, -0.2) is 33.3 Å². The lowest BCUT2D eigenvalue weighted by Crippen LogP contribution is -2.35. The van der Waals surface area contributed by atoms with Gasteiger partial charge in [0.15, 0.2) is 0 Å². The van der Waals surface area contributed by atoms with Crippen molar-refractivity contribution in [3.63, 3.8) is 0 Å². The maximum atomic E-state index is 13.3. The number of aryl methyl sites for hydroxylation is 1. The van der Waals surface area contributed by atoms with Crippen molar-refractivity contribution in [1.82, 2.24) is 15.0 Å². The molecule has 37 heavy (non-hydrogen) atoms. The summed E-state index contributed by atoms with van der Waals surface area (Å²) in [5, 5.41) is 6.27. The second-order valence-corrected chi connectivity index (χ2v) is 10.0. The number of carbonyl (C=O) groups is 2. The molecule has 8 heteroatoms. The Labute approximate surface area is 213 Å². The predicted octanol–water partition coefficient (Wildman–Crippen LogP) is 4.12. The zero-order chi connectivity index (χ0) is 25.1. The Morgan fingerprint density at radius 1 is 1.00 bits per heavy atom. The molecule has 2 aliphatic heterocycles. The van der Waals surface area contributed by atoms with Gasteiger partial charge in [0.25, 0.3) is 5.91 Å². The maximum Gasteiger partial charge on any atom is 0.277 e. The summed E-state index contributed by atoms with van der Waals surface area (Å²) in [6, 6.07) is 17.8. The van der Waals surface area contributed by atoms with Crippen LogP contribution in [0.3, 0.4) is 0 Å². The third-order valence-corrected chi connectivity index (χ3v) is 7.71. The molecule has 0 saturated carbocycles. The number of fused-ring (bicyclic) bond motifs is 4. The van der Waals surface area contributed by atoms with Gasteiger partial charge in [-0.05, 0) is 67.1 Å². The Kier molecular flexibility index (Phi) is 4.66. The van der Waals surface area contributed by atoms with E-state index in [9.17, 15) is 9.59 Å². The van der Waals surface area contributed by atoms with Crippen molar-refractivity contribution in [2.75, 3.05) is 22.1 Å². The van der Waals surface area contributed by atoms with Gasteiger partial charge in [-0.1, -0.05) is 29.8 Å². The molecule has 1 spiro atoms. The molecule has 2 amide bonds. The zero-order valence-corrected chi connectivity index (χ0v) is 20.3. The van der Waals surface area contributed by atoms with Crippen LogP contribution >= 0.6 is 0 Å². The quantitative estimate of drug-likeness (QED) is 0.450. The minimum absolute atomic E-state index is 0.00418. The molecule has 2 N–H and O–H groups in total. The molecule has 1 atom stereocenters. The fourth-order valence-corrected chi connectivity index (χ4v) is 5.92. The number of pyridine rings is 1. The van der Waals surface area contributed by atoms with Crippen LogP contribution in [0.15, 0.2) is 67.1 Å². The Morgan fingerprint density at radius 3 is 2.81 bits per heavy atom. The summed E-state index contributed by atoms with van der Waals surface area (Å²) in [5.74, 6) is 1.07. The van der Waals surface area contributed by atoms with Crippen LogP contribution in [0.5, 0.6) is 0 Å². The summed E-state index contributed by atoms with van der Waals surface area (Å²) >= 11 is 0. The van der Waals surface area contributed by atoms with Crippen LogP contribution in [0.4, 0.5) is 23.0 Å². The molecule has 1 unspecified atom stereocenters. The lowest BCUT2D eigenvalue weighted by Gasteiger charge is -2.20. The lowest BCUT2D eigenvalue weighted by atomic mass is 9.79. The minimum Gasteiger partial charge on any atom is -0.340 e. The minimum atomic E-state index is -0.608. The Bertz CT molecular complexity index is 1620. The number of amides is 2. The van der Waals surface area contributed by atoms with Crippen LogP contribution < -0.4 is 15.5 Å². The largest absolute Gasteiger partial charge is 0.340 e. The summed E-state index contributed by atoms with van der Waals surface area (Å²) in [7, 11) is 0. The van der Waals surface area contributed by atoms with Crippen LogP contribution in [-0.2, 0) is 29.5 Å². The number of rotatable bonds is 3. The van der Waals surface area contributed by atoms with E-state index in [4.69, 9.17) is 0 Å². The third kappa shape index (κ3) is 3.40. The Hall–Kier alpha value is -4.59. The van der Waals surface area contributed by atoms with Gasteiger partial charge in [-0.3, -0.25) is 9.59 Å². The number of benzene rings is 2. The molecule has 0 bridgehead atoms. The second kappa shape index (κ2) is 7.96. The topological polar surface area (TPSA) is 100 Å². The van der Waals surface area contributed by atoms with Gasteiger partial charge in [0.1, 0.15) is 23.7 Å². The molecule has 8 nitrogen and oxygen atoms in total. The van der Waals surface area contributed by atoms with Gasteiger partial charge in [-0.2, -0.15) is 0 Å². The molecule has 0 radical (unpaired) electrons. The summed E-state index contributed by atoms with van der Waals surface area (Å²) in [6.07, 6.45) is 5.22. The second-order valence-electron chi connectivity index (χ2n) is 10.0. The molecule has 4 heterocycles. The number of hydrogen-bond acceptors (Lipinski definition) is 6. The highest BCUT2D eigenvalue weighted by atomic mass is 16.2. The highest BCUT2D eigenvalue weighted by Crippen LogP contribution is 2.47. The lowest BCUT2D eigenvalue weighted by molar-refractivity contribution is -0.120. The number of anilines is 4. The molecular formula is C29H24N6O2. The van der Waals surface area contributed by atoms with Crippen molar-refractivity contribution in [3.8, 4) is 0 Å². The molecule has 2 aromatic carbocycles. The summed E-state index contributed by atoms with van der Waals surface area (Å²) in [5.41, 5.74) is 7.14. The Balaban J connectivity index is 1.13. The molecule has 0 fully saturated rings. The van der Waals surface area contributed by atoms with Crippen molar-refractivity contribution < 1.29 is 9.59 Å². The van der Waals surface area contributed by atoms with Gasteiger partial charge in [-0.25, -0.2) is 15.0 Å². The van der Waals surface area contributed by atoms with E-state index < -0.39 is 5.41 Å².